The molecule has 1 saturated heterocycles. The van der Waals surface area contributed by atoms with Gasteiger partial charge in [-0.05, 0) is 57.2 Å². The van der Waals surface area contributed by atoms with E-state index in [4.69, 9.17) is 23.2 Å². The number of rotatable bonds is 4. The van der Waals surface area contributed by atoms with Crippen LogP contribution in [0.4, 0.5) is 10.5 Å². The Morgan fingerprint density at radius 2 is 1.81 bits per heavy atom. The Kier molecular flexibility index (Phi) is 5.78. The first-order valence-corrected chi connectivity index (χ1v) is 10.3. The minimum atomic E-state index is -1.54. The van der Waals surface area contributed by atoms with Crippen LogP contribution in [0, 0.1) is 0 Å². The third-order valence-electron chi connectivity index (χ3n) is 5.18. The maximum absolute atomic E-state index is 13.4. The van der Waals surface area contributed by atoms with Crippen molar-refractivity contribution >= 4 is 50.9 Å². The summed E-state index contributed by atoms with van der Waals surface area (Å²) in [5.74, 6) is 0. The molecule has 1 aliphatic rings. The van der Waals surface area contributed by atoms with Gasteiger partial charge in [0, 0.05) is 26.8 Å². The molecular formula is C20H21BrCl2N2O2. The number of benzene rings is 2. The Balaban J connectivity index is 2.16. The molecule has 27 heavy (non-hydrogen) atoms. The Bertz CT molecular complexity index is 846. The molecule has 1 heterocycles. The molecule has 7 heteroatoms. The van der Waals surface area contributed by atoms with E-state index in [-0.39, 0.29) is 17.5 Å². The van der Waals surface area contributed by atoms with E-state index in [9.17, 15) is 9.90 Å². The van der Waals surface area contributed by atoms with Gasteiger partial charge in [-0.3, -0.25) is 9.80 Å². The fraction of sp³-hybridized carbons (Fsp3) is 0.350. The molecule has 0 spiro atoms. The Morgan fingerprint density at radius 3 is 2.37 bits per heavy atom. The third kappa shape index (κ3) is 3.46. The van der Waals surface area contributed by atoms with Crippen molar-refractivity contribution in [1.29, 1.82) is 0 Å². The lowest BCUT2D eigenvalue weighted by atomic mass is 9.93. The summed E-state index contributed by atoms with van der Waals surface area (Å²) in [6, 6.07) is 13.1. The smallest absolute Gasteiger partial charge is 0.327 e. The maximum atomic E-state index is 13.4. The maximum Gasteiger partial charge on any atom is 0.327 e. The molecule has 2 aromatic rings. The minimum absolute atomic E-state index is 0.299. The van der Waals surface area contributed by atoms with E-state index in [0.29, 0.717) is 16.3 Å². The fourth-order valence-corrected chi connectivity index (χ4v) is 4.17. The van der Waals surface area contributed by atoms with Gasteiger partial charge in [0.15, 0.2) is 5.72 Å². The summed E-state index contributed by atoms with van der Waals surface area (Å²) >= 11 is 15.8. The lowest BCUT2D eigenvalue weighted by molar-refractivity contribution is -0.0945. The van der Waals surface area contributed by atoms with Crippen molar-refractivity contribution in [1.82, 2.24) is 4.90 Å². The Labute approximate surface area is 177 Å². The van der Waals surface area contributed by atoms with E-state index in [1.54, 1.807) is 29.2 Å². The topological polar surface area (TPSA) is 43.8 Å². The number of amides is 2. The predicted octanol–water partition coefficient (Wildman–Crippen LogP) is 5.59. The van der Waals surface area contributed by atoms with Crippen molar-refractivity contribution in [3.8, 4) is 0 Å². The number of nitrogens with zero attached hydrogens (tertiary/aromatic N) is 2. The first-order chi connectivity index (χ1) is 12.7. The van der Waals surface area contributed by atoms with Gasteiger partial charge in [-0.1, -0.05) is 39.7 Å². The van der Waals surface area contributed by atoms with Gasteiger partial charge in [0.1, 0.15) is 0 Å². The normalized spacial score (nSPS) is 25.0. The van der Waals surface area contributed by atoms with Crippen molar-refractivity contribution in [2.24, 2.45) is 0 Å². The number of hydrogen-bond donors (Lipinski definition) is 1. The van der Waals surface area contributed by atoms with Gasteiger partial charge >= 0.3 is 6.03 Å². The zero-order valence-corrected chi connectivity index (χ0v) is 18.3. The van der Waals surface area contributed by atoms with Gasteiger partial charge in [0.25, 0.3) is 0 Å². The second-order valence-corrected chi connectivity index (χ2v) is 8.87. The molecule has 4 atom stereocenters. The zero-order chi connectivity index (χ0) is 19.9. The quantitative estimate of drug-likeness (QED) is 0.590. The second kappa shape index (κ2) is 7.63. The van der Waals surface area contributed by atoms with Crippen LogP contribution in [-0.2, 0) is 5.72 Å². The van der Waals surface area contributed by atoms with Crippen molar-refractivity contribution < 1.29 is 9.90 Å². The van der Waals surface area contributed by atoms with Crippen LogP contribution in [0.2, 0.25) is 5.02 Å². The minimum Gasteiger partial charge on any atom is -0.365 e. The molecule has 1 aliphatic heterocycles. The van der Waals surface area contributed by atoms with Crippen molar-refractivity contribution in [3.05, 3.63) is 63.6 Å². The molecule has 0 aromatic heterocycles. The van der Waals surface area contributed by atoms with Crippen LogP contribution < -0.4 is 4.90 Å². The summed E-state index contributed by atoms with van der Waals surface area (Å²) in [6.07, 6.45) is 0. The summed E-state index contributed by atoms with van der Waals surface area (Å²) in [5, 5.41) is 12.1. The molecule has 2 aromatic carbocycles. The van der Waals surface area contributed by atoms with Crippen LogP contribution in [-0.4, -0.2) is 33.5 Å². The average Bonchev–Trinajstić information content (AvgIpc) is 2.82. The third-order valence-corrected chi connectivity index (χ3v) is 6.29. The fourth-order valence-electron chi connectivity index (χ4n) is 3.53. The number of anilines is 1. The van der Waals surface area contributed by atoms with Crippen LogP contribution in [0.15, 0.2) is 53.0 Å². The van der Waals surface area contributed by atoms with Crippen LogP contribution in [0.1, 0.15) is 26.3 Å². The summed E-state index contributed by atoms with van der Waals surface area (Å²) < 4.78 is 0.824. The van der Waals surface area contributed by atoms with Gasteiger partial charge in [0.2, 0.25) is 0 Å². The van der Waals surface area contributed by atoms with Gasteiger partial charge in [-0.15, -0.1) is 11.6 Å². The summed E-state index contributed by atoms with van der Waals surface area (Å²) in [7, 11) is 0. The van der Waals surface area contributed by atoms with Crippen molar-refractivity contribution in [2.75, 3.05) is 4.90 Å². The Morgan fingerprint density at radius 1 is 1.19 bits per heavy atom. The average molecular weight is 472 g/mol. The number of carbonyl (C=O) groups excluding carboxylic acids is 1. The molecule has 3 rings (SSSR count). The highest BCUT2D eigenvalue weighted by Crippen LogP contribution is 2.44. The largest absolute Gasteiger partial charge is 0.365 e. The second-order valence-electron chi connectivity index (χ2n) is 6.83. The lowest BCUT2D eigenvalue weighted by Gasteiger charge is -2.39. The molecule has 4 nitrogen and oxygen atoms in total. The molecule has 0 bridgehead atoms. The molecule has 144 valence electrons. The van der Waals surface area contributed by atoms with E-state index < -0.39 is 11.8 Å². The summed E-state index contributed by atoms with van der Waals surface area (Å²) in [4.78, 5) is 16.5. The monoisotopic (exact) mass is 470 g/mol. The number of halogens is 3. The van der Waals surface area contributed by atoms with Crippen LogP contribution in [0.5, 0.6) is 0 Å². The highest BCUT2D eigenvalue weighted by atomic mass is 79.9. The summed E-state index contributed by atoms with van der Waals surface area (Å²) in [6.45, 7) is 5.49. The van der Waals surface area contributed by atoms with E-state index in [0.717, 1.165) is 4.47 Å². The van der Waals surface area contributed by atoms with Crippen molar-refractivity contribution in [3.63, 3.8) is 0 Å². The van der Waals surface area contributed by atoms with E-state index in [1.807, 2.05) is 45.0 Å². The van der Waals surface area contributed by atoms with E-state index in [2.05, 4.69) is 15.9 Å². The van der Waals surface area contributed by atoms with Crippen LogP contribution >= 0.6 is 39.1 Å². The SMILES string of the molecule is CC(Cl)[C@H](C)N1C(=O)N(c2ccc(Cl)cc2)C(C)C1(O)c1cccc(Br)c1. The van der Waals surface area contributed by atoms with Gasteiger partial charge < -0.3 is 5.11 Å². The standard InChI is InChI=1S/C20H21BrCl2N2O2/c1-12(22)13(2)25-19(26)24(18-9-7-17(23)8-10-18)14(3)20(25,27)15-5-4-6-16(21)11-15/h4-14,27H,1-3H3/t12?,13-,14?,20?/m0/s1. The van der Waals surface area contributed by atoms with Crippen LogP contribution in [0.3, 0.4) is 0 Å². The van der Waals surface area contributed by atoms with Gasteiger partial charge in [-0.25, -0.2) is 4.79 Å². The molecular weight excluding hydrogens is 451 g/mol. The number of carbonyl (C=O) groups is 1. The molecule has 2 amide bonds. The van der Waals surface area contributed by atoms with Crippen LogP contribution in [0.25, 0.3) is 0 Å². The summed E-state index contributed by atoms with van der Waals surface area (Å²) in [5.41, 5.74) is -0.246. The number of aliphatic hydroxyl groups is 1. The zero-order valence-electron chi connectivity index (χ0n) is 15.2. The first-order valence-electron chi connectivity index (χ1n) is 8.68. The van der Waals surface area contributed by atoms with Gasteiger partial charge in [-0.2, -0.15) is 0 Å². The highest BCUT2D eigenvalue weighted by molar-refractivity contribution is 9.10. The number of alkyl halides is 1. The van der Waals surface area contributed by atoms with E-state index >= 15 is 0 Å². The highest BCUT2D eigenvalue weighted by Gasteiger charge is 2.58. The molecule has 0 aliphatic carbocycles. The van der Waals surface area contributed by atoms with E-state index in [1.165, 1.54) is 4.90 Å². The molecule has 1 fully saturated rings. The number of urea groups is 1. The van der Waals surface area contributed by atoms with Gasteiger partial charge in [0.05, 0.1) is 11.4 Å². The lowest BCUT2D eigenvalue weighted by Crippen LogP contribution is -2.53. The molecule has 3 unspecified atom stereocenters. The first kappa shape index (κ1) is 20.5. The molecule has 0 radical (unpaired) electrons. The predicted molar refractivity (Wildman–Crippen MR) is 113 cm³/mol. The molecule has 1 N–H and O–H groups in total. The molecule has 0 saturated carbocycles. The number of hydrogen-bond acceptors (Lipinski definition) is 2. The van der Waals surface area contributed by atoms with Crippen molar-refractivity contribution in [2.45, 2.75) is 44.0 Å². The Hall–Kier alpha value is -1.27.